The molecule has 0 aliphatic carbocycles. The van der Waals surface area contributed by atoms with Crippen LogP contribution in [-0.2, 0) is 9.53 Å². The number of carbonyl (C=O) groups is 2. The summed E-state index contributed by atoms with van der Waals surface area (Å²) < 4.78 is 41.5. The van der Waals surface area contributed by atoms with Gasteiger partial charge in [-0.05, 0) is 30.7 Å². The number of piperazine rings is 1. The lowest BCUT2D eigenvalue weighted by molar-refractivity contribution is -0.174. The van der Waals surface area contributed by atoms with Crippen LogP contribution in [0.1, 0.15) is 23.2 Å². The van der Waals surface area contributed by atoms with E-state index in [1.54, 1.807) is 29.2 Å². The minimum absolute atomic E-state index is 0.0192. The number of benzene rings is 1. The van der Waals surface area contributed by atoms with E-state index in [4.69, 9.17) is 0 Å². The van der Waals surface area contributed by atoms with Gasteiger partial charge in [0.1, 0.15) is 6.61 Å². The molecular weight excluding hydrogens is 455 g/mol. The second-order valence-electron chi connectivity index (χ2n) is 6.76. The quantitative estimate of drug-likeness (QED) is 0.553. The second-order valence-corrected chi connectivity index (χ2v) is 7.67. The Morgan fingerprint density at radius 2 is 1.76 bits per heavy atom. The molecule has 1 aromatic rings. The molecule has 1 fully saturated rings. The molecule has 0 bridgehead atoms. The van der Waals surface area contributed by atoms with E-state index in [1.165, 1.54) is 0 Å². The zero-order chi connectivity index (χ0) is 21.3. The van der Waals surface area contributed by atoms with Crippen molar-refractivity contribution in [2.45, 2.75) is 19.0 Å². The van der Waals surface area contributed by atoms with Gasteiger partial charge in [0.15, 0.2) is 0 Å². The van der Waals surface area contributed by atoms with Gasteiger partial charge < -0.3 is 15.0 Å². The fourth-order valence-corrected chi connectivity index (χ4v) is 3.21. The molecule has 0 atom stereocenters. The van der Waals surface area contributed by atoms with Crippen LogP contribution in [0, 0.1) is 0 Å². The van der Waals surface area contributed by atoms with E-state index in [2.05, 4.69) is 30.9 Å². The summed E-state index contributed by atoms with van der Waals surface area (Å²) in [5, 5.41) is 2.74. The van der Waals surface area contributed by atoms with Crippen LogP contribution >= 0.6 is 15.9 Å². The van der Waals surface area contributed by atoms with Gasteiger partial charge in [-0.25, -0.2) is 0 Å². The highest BCUT2D eigenvalue weighted by Gasteiger charge is 2.27. The van der Waals surface area contributed by atoms with Gasteiger partial charge >= 0.3 is 6.18 Å². The fourth-order valence-electron chi connectivity index (χ4n) is 2.94. The van der Waals surface area contributed by atoms with E-state index in [0.29, 0.717) is 44.7 Å². The second kappa shape index (κ2) is 11.5. The van der Waals surface area contributed by atoms with Crippen molar-refractivity contribution < 1.29 is 27.5 Å². The summed E-state index contributed by atoms with van der Waals surface area (Å²) in [7, 11) is 0. The molecule has 1 heterocycles. The van der Waals surface area contributed by atoms with Crippen molar-refractivity contribution in [3.63, 3.8) is 0 Å². The van der Waals surface area contributed by atoms with E-state index in [9.17, 15) is 22.8 Å². The van der Waals surface area contributed by atoms with Crippen LogP contribution < -0.4 is 5.32 Å². The summed E-state index contributed by atoms with van der Waals surface area (Å²) in [6, 6.07) is 6.97. The van der Waals surface area contributed by atoms with Gasteiger partial charge in [-0.1, -0.05) is 15.9 Å². The largest absolute Gasteiger partial charge is 0.411 e. The topological polar surface area (TPSA) is 61.9 Å². The van der Waals surface area contributed by atoms with Crippen molar-refractivity contribution in [2.75, 3.05) is 52.5 Å². The third kappa shape index (κ3) is 9.14. The monoisotopic (exact) mass is 479 g/mol. The summed E-state index contributed by atoms with van der Waals surface area (Å²) in [6.45, 7) is 2.26. The number of nitrogens with one attached hydrogen (secondary N) is 1. The molecule has 0 radical (unpaired) electrons. The van der Waals surface area contributed by atoms with Crippen LogP contribution in [0.5, 0.6) is 0 Å². The molecule has 1 aliphatic heterocycles. The molecule has 2 rings (SSSR count). The first-order chi connectivity index (χ1) is 13.7. The van der Waals surface area contributed by atoms with Gasteiger partial charge in [0.2, 0.25) is 5.91 Å². The van der Waals surface area contributed by atoms with Crippen LogP contribution in [0.2, 0.25) is 0 Å². The fraction of sp³-hybridized carbons (Fsp3) is 0.579. The minimum atomic E-state index is -4.29. The van der Waals surface area contributed by atoms with Gasteiger partial charge in [-0.3, -0.25) is 14.5 Å². The van der Waals surface area contributed by atoms with Crippen molar-refractivity contribution >= 4 is 27.7 Å². The highest BCUT2D eigenvalue weighted by molar-refractivity contribution is 9.10. The number of carbonyl (C=O) groups excluding carboxylic acids is 2. The van der Waals surface area contributed by atoms with Crippen molar-refractivity contribution in [2.24, 2.45) is 0 Å². The highest BCUT2D eigenvalue weighted by atomic mass is 79.9. The highest BCUT2D eigenvalue weighted by Crippen LogP contribution is 2.14. The molecule has 0 spiro atoms. The zero-order valence-electron chi connectivity index (χ0n) is 16.0. The first kappa shape index (κ1) is 23.6. The first-order valence-electron chi connectivity index (χ1n) is 9.43. The Morgan fingerprint density at radius 3 is 2.38 bits per heavy atom. The zero-order valence-corrected chi connectivity index (χ0v) is 17.6. The Kier molecular flexibility index (Phi) is 9.38. The number of hydrogen-bond donors (Lipinski definition) is 1. The van der Waals surface area contributed by atoms with Crippen molar-refractivity contribution in [1.29, 1.82) is 0 Å². The van der Waals surface area contributed by atoms with Crippen molar-refractivity contribution in [1.82, 2.24) is 15.1 Å². The van der Waals surface area contributed by atoms with Gasteiger partial charge in [0, 0.05) is 62.3 Å². The van der Waals surface area contributed by atoms with Gasteiger partial charge in [0.25, 0.3) is 5.91 Å². The van der Waals surface area contributed by atoms with E-state index >= 15 is 0 Å². The standard InChI is InChI=1S/C19H25BrF3N3O3/c20-16-4-2-15(3-5-16)18(28)24-7-6-17(27)26-11-9-25(10-12-26)8-1-13-29-14-19(21,22)23/h2-5H,1,6-14H2,(H,24,28). The molecule has 0 saturated carbocycles. The first-order valence-corrected chi connectivity index (χ1v) is 10.2. The van der Waals surface area contributed by atoms with Crippen molar-refractivity contribution in [3.05, 3.63) is 34.3 Å². The molecule has 1 N–H and O–H groups in total. The maximum Gasteiger partial charge on any atom is 0.411 e. The summed E-state index contributed by atoms with van der Waals surface area (Å²) in [6.07, 6.45) is -3.54. The maximum absolute atomic E-state index is 12.3. The Hall–Kier alpha value is -1.65. The van der Waals surface area contributed by atoms with Crippen LogP contribution in [0.3, 0.4) is 0 Å². The third-order valence-electron chi connectivity index (χ3n) is 4.48. The predicted octanol–water partition coefficient (Wildman–Crippen LogP) is 2.68. The summed E-state index contributed by atoms with van der Waals surface area (Å²) in [5.74, 6) is -0.239. The Labute approximate surface area is 176 Å². The number of ether oxygens (including phenoxy) is 1. The number of amides is 2. The molecule has 1 aromatic carbocycles. The molecule has 0 aromatic heterocycles. The van der Waals surface area contributed by atoms with E-state index in [1.807, 2.05) is 0 Å². The number of nitrogens with zero attached hydrogens (tertiary/aromatic N) is 2. The van der Waals surface area contributed by atoms with E-state index < -0.39 is 12.8 Å². The SMILES string of the molecule is O=C(NCCC(=O)N1CCN(CCCOCC(F)(F)F)CC1)c1ccc(Br)cc1. The average molecular weight is 480 g/mol. The smallest absolute Gasteiger partial charge is 0.372 e. The van der Waals surface area contributed by atoms with Crippen LogP contribution in [0.25, 0.3) is 0 Å². The molecule has 10 heteroatoms. The third-order valence-corrected chi connectivity index (χ3v) is 5.01. The predicted molar refractivity (Wildman–Crippen MR) is 106 cm³/mol. The van der Waals surface area contributed by atoms with Crippen LogP contribution in [-0.4, -0.2) is 80.3 Å². The molecule has 29 heavy (non-hydrogen) atoms. The molecule has 0 unspecified atom stereocenters. The number of rotatable bonds is 9. The molecule has 2 amide bonds. The maximum atomic E-state index is 12.3. The van der Waals surface area contributed by atoms with E-state index in [0.717, 1.165) is 4.47 Å². The summed E-state index contributed by atoms with van der Waals surface area (Å²) in [4.78, 5) is 28.2. The average Bonchev–Trinajstić information content (AvgIpc) is 2.67. The molecule has 1 saturated heterocycles. The lowest BCUT2D eigenvalue weighted by atomic mass is 10.2. The van der Waals surface area contributed by atoms with Crippen LogP contribution in [0.4, 0.5) is 13.2 Å². The van der Waals surface area contributed by atoms with Gasteiger partial charge in [-0.15, -0.1) is 0 Å². The molecule has 6 nitrogen and oxygen atoms in total. The Balaban J connectivity index is 1.57. The summed E-state index contributed by atoms with van der Waals surface area (Å²) >= 11 is 3.31. The minimum Gasteiger partial charge on any atom is -0.372 e. The lowest BCUT2D eigenvalue weighted by Gasteiger charge is -2.34. The molecular formula is C19H25BrF3N3O3. The Morgan fingerprint density at radius 1 is 1.10 bits per heavy atom. The number of alkyl halides is 3. The number of halogens is 4. The lowest BCUT2D eigenvalue weighted by Crippen LogP contribution is -2.49. The molecule has 1 aliphatic rings. The van der Waals surface area contributed by atoms with Gasteiger partial charge in [-0.2, -0.15) is 13.2 Å². The Bertz CT molecular complexity index is 663. The summed E-state index contributed by atoms with van der Waals surface area (Å²) in [5.41, 5.74) is 0.536. The van der Waals surface area contributed by atoms with Gasteiger partial charge in [0.05, 0.1) is 0 Å². The van der Waals surface area contributed by atoms with Crippen LogP contribution in [0.15, 0.2) is 28.7 Å². The molecule has 162 valence electrons. The van der Waals surface area contributed by atoms with Crippen molar-refractivity contribution in [3.8, 4) is 0 Å². The van der Waals surface area contributed by atoms with E-state index in [-0.39, 0.29) is 31.4 Å². The number of hydrogen-bond acceptors (Lipinski definition) is 4. The normalized spacial score (nSPS) is 15.4.